The Morgan fingerprint density at radius 2 is 1.69 bits per heavy atom. The molecule has 0 spiro atoms. The predicted molar refractivity (Wildman–Crippen MR) is 140 cm³/mol. The first-order valence-electron chi connectivity index (χ1n) is 12.6. The molecule has 0 saturated carbocycles. The van der Waals surface area contributed by atoms with Gasteiger partial charge in [0, 0.05) is 23.0 Å². The molecule has 6 rings (SSSR count). The zero-order chi connectivity index (χ0) is 25.0. The largest absolute Gasteiger partial charge is 0.494 e. The Morgan fingerprint density at radius 3 is 2.39 bits per heavy atom. The van der Waals surface area contributed by atoms with Crippen LogP contribution in [0.2, 0.25) is 0 Å². The Morgan fingerprint density at radius 1 is 0.972 bits per heavy atom. The number of carbonyl (C=O) groups is 2. The standard InChI is InChI=1S/C30H29N3O3/c1-4-36-22-15-13-21(14-16-22)32-29(34)26-17-24-23-7-5-6-8-25(23)31-27(24)28(33(26)30(32)35)20-11-9-19(10-12-20)18(2)3/h5-16,18,26,28,31H,4,17H2,1-3H3/t26-,28?/m0/s1. The summed E-state index contributed by atoms with van der Waals surface area (Å²) in [5.41, 5.74) is 5.91. The average molecular weight is 480 g/mol. The molecule has 6 heteroatoms. The first kappa shape index (κ1) is 22.4. The topological polar surface area (TPSA) is 65.6 Å². The van der Waals surface area contributed by atoms with Gasteiger partial charge in [-0.05, 0) is 59.9 Å². The lowest BCUT2D eigenvalue weighted by Crippen LogP contribution is -2.44. The Hall–Kier alpha value is -4.06. The Labute approximate surface area is 210 Å². The normalized spacial score (nSPS) is 19.2. The number of hydrogen-bond donors (Lipinski definition) is 1. The monoisotopic (exact) mass is 479 g/mol. The first-order chi connectivity index (χ1) is 17.5. The van der Waals surface area contributed by atoms with Gasteiger partial charge in [-0.2, -0.15) is 0 Å². The van der Waals surface area contributed by atoms with Crippen molar-refractivity contribution in [3.8, 4) is 5.75 Å². The fourth-order valence-electron chi connectivity index (χ4n) is 5.58. The second kappa shape index (κ2) is 8.55. The molecule has 0 bridgehead atoms. The van der Waals surface area contributed by atoms with Crippen molar-refractivity contribution >= 4 is 28.5 Å². The fourth-order valence-corrected chi connectivity index (χ4v) is 5.58. The van der Waals surface area contributed by atoms with Crippen LogP contribution in [-0.2, 0) is 11.2 Å². The summed E-state index contributed by atoms with van der Waals surface area (Å²) in [7, 11) is 0. The number of carbonyl (C=O) groups excluding carboxylic acids is 2. The minimum Gasteiger partial charge on any atom is -0.494 e. The van der Waals surface area contributed by atoms with Crippen molar-refractivity contribution in [1.82, 2.24) is 9.88 Å². The van der Waals surface area contributed by atoms with E-state index in [1.807, 2.05) is 25.1 Å². The maximum atomic E-state index is 13.9. The SMILES string of the molecule is CCOc1ccc(N2C(=O)[C@@H]3Cc4c([nH]c5ccccc45)C(c4ccc(C(C)C)cc4)N3C2=O)cc1. The van der Waals surface area contributed by atoms with Gasteiger partial charge < -0.3 is 9.72 Å². The van der Waals surface area contributed by atoms with Gasteiger partial charge >= 0.3 is 6.03 Å². The Bertz CT molecular complexity index is 1450. The summed E-state index contributed by atoms with van der Waals surface area (Å²) < 4.78 is 5.54. The predicted octanol–water partition coefficient (Wildman–Crippen LogP) is 6.17. The van der Waals surface area contributed by atoms with Gasteiger partial charge in [0.1, 0.15) is 17.8 Å². The second-order valence-corrected chi connectivity index (χ2v) is 9.80. The molecule has 2 aliphatic heterocycles. The number of aromatic amines is 1. The zero-order valence-corrected chi connectivity index (χ0v) is 20.7. The van der Waals surface area contributed by atoms with Gasteiger partial charge in [0.25, 0.3) is 5.91 Å². The molecule has 1 saturated heterocycles. The maximum Gasteiger partial charge on any atom is 0.332 e. The lowest BCUT2D eigenvalue weighted by Gasteiger charge is -2.36. The molecule has 1 unspecified atom stereocenters. The van der Waals surface area contributed by atoms with Gasteiger partial charge in [-0.15, -0.1) is 0 Å². The number of hydrogen-bond acceptors (Lipinski definition) is 3. The molecule has 1 aromatic heterocycles. The number of anilines is 1. The molecule has 3 heterocycles. The molecule has 6 nitrogen and oxygen atoms in total. The van der Waals surface area contributed by atoms with E-state index in [1.54, 1.807) is 29.2 Å². The lowest BCUT2D eigenvalue weighted by molar-refractivity contribution is -0.120. The highest BCUT2D eigenvalue weighted by Crippen LogP contribution is 2.45. The number of imide groups is 1. The Balaban J connectivity index is 1.47. The summed E-state index contributed by atoms with van der Waals surface area (Å²) in [6, 6.07) is 22.5. The van der Waals surface area contributed by atoms with Crippen molar-refractivity contribution < 1.29 is 14.3 Å². The van der Waals surface area contributed by atoms with Crippen LogP contribution in [0, 0.1) is 0 Å². The van der Waals surface area contributed by atoms with Crippen molar-refractivity contribution in [3.05, 3.63) is 95.2 Å². The molecule has 1 N–H and O–H groups in total. The molecule has 2 atom stereocenters. The van der Waals surface area contributed by atoms with Gasteiger partial charge in [-0.3, -0.25) is 9.69 Å². The zero-order valence-electron chi connectivity index (χ0n) is 20.7. The van der Waals surface area contributed by atoms with Gasteiger partial charge in [0.2, 0.25) is 0 Å². The van der Waals surface area contributed by atoms with Crippen LogP contribution in [0.15, 0.2) is 72.8 Å². The number of fused-ring (bicyclic) bond motifs is 4. The van der Waals surface area contributed by atoms with Crippen molar-refractivity contribution in [2.75, 3.05) is 11.5 Å². The van der Waals surface area contributed by atoms with Crippen LogP contribution in [0.4, 0.5) is 10.5 Å². The molecule has 36 heavy (non-hydrogen) atoms. The molecule has 2 aliphatic rings. The average Bonchev–Trinajstić information content (AvgIpc) is 3.38. The summed E-state index contributed by atoms with van der Waals surface area (Å²) in [5, 5.41) is 1.11. The van der Waals surface area contributed by atoms with Crippen LogP contribution >= 0.6 is 0 Å². The van der Waals surface area contributed by atoms with Gasteiger partial charge in [0.05, 0.1) is 12.3 Å². The van der Waals surface area contributed by atoms with E-state index in [0.717, 1.165) is 27.7 Å². The van der Waals surface area contributed by atoms with E-state index in [-0.39, 0.29) is 18.0 Å². The number of nitrogens with one attached hydrogen (secondary N) is 1. The van der Waals surface area contributed by atoms with Crippen molar-refractivity contribution in [2.45, 2.75) is 45.2 Å². The van der Waals surface area contributed by atoms with E-state index < -0.39 is 6.04 Å². The van der Waals surface area contributed by atoms with E-state index >= 15 is 0 Å². The third kappa shape index (κ3) is 3.40. The first-order valence-corrected chi connectivity index (χ1v) is 12.6. The van der Waals surface area contributed by atoms with Gasteiger partial charge in [-0.25, -0.2) is 9.69 Å². The molecule has 3 aromatic carbocycles. The minimum absolute atomic E-state index is 0.191. The van der Waals surface area contributed by atoms with E-state index in [0.29, 0.717) is 30.4 Å². The minimum atomic E-state index is -0.564. The number of para-hydroxylation sites is 1. The third-order valence-corrected chi connectivity index (χ3v) is 7.37. The number of benzene rings is 3. The number of H-pyrrole nitrogens is 1. The highest BCUT2D eigenvalue weighted by atomic mass is 16.5. The number of amides is 3. The van der Waals surface area contributed by atoms with Crippen LogP contribution in [-0.4, -0.2) is 34.5 Å². The molecule has 4 aromatic rings. The number of nitrogens with zero attached hydrogens (tertiary/aromatic N) is 2. The lowest BCUT2D eigenvalue weighted by atomic mass is 9.88. The number of aromatic nitrogens is 1. The molecule has 1 fully saturated rings. The van der Waals surface area contributed by atoms with Crippen LogP contribution < -0.4 is 9.64 Å². The molecule has 0 aliphatic carbocycles. The summed E-state index contributed by atoms with van der Waals surface area (Å²) in [4.78, 5) is 34.4. The smallest absolute Gasteiger partial charge is 0.332 e. The molecule has 3 amide bonds. The van der Waals surface area contributed by atoms with E-state index in [2.05, 4.69) is 49.2 Å². The van der Waals surface area contributed by atoms with Gasteiger partial charge in [0.15, 0.2) is 0 Å². The van der Waals surface area contributed by atoms with Crippen LogP contribution in [0.3, 0.4) is 0 Å². The molecular weight excluding hydrogens is 450 g/mol. The Kier molecular flexibility index (Phi) is 5.32. The summed E-state index contributed by atoms with van der Waals surface area (Å²) >= 11 is 0. The second-order valence-electron chi connectivity index (χ2n) is 9.80. The third-order valence-electron chi connectivity index (χ3n) is 7.37. The highest BCUT2D eigenvalue weighted by molar-refractivity contribution is 6.22. The van der Waals surface area contributed by atoms with Crippen LogP contribution in [0.1, 0.15) is 55.1 Å². The summed E-state index contributed by atoms with van der Waals surface area (Å²) in [5.74, 6) is 0.929. The molecular formula is C30H29N3O3. The number of rotatable bonds is 5. The van der Waals surface area contributed by atoms with Crippen molar-refractivity contribution in [3.63, 3.8) is 0 Å². The van der Waals surface area contributed by atoms with Crippen molar-refractivity contribution in [1.29, 1.82) is 0 Å². The van der Waals surface area contributed by atoms with E-state index in [1.165, 1.54) is 10.5 Å². The van der Waals surface area contributed by atoms with E-state index in [9.17, 15) is 9.59 Å². The maximum absolute atomic E-state index is 13.9. The summed E-state index contributed by atoms with van der Waals surface area (Å²) in [6.45, 7) is 6.81. The fraction of sp³-hybridized carbons (Fsp3) is 0.267. The molecule has 182 valence electrons. The van der Waals surface area contributed by atoms with Gasteiger partial charge in [-0.1, -0.05) is 56.3 Å². The highest BCUT2D eigenvalue weighted by Gasteiger charge is 2.53. The quantitative estimate of drug-likeness (QED) is 0.348. The van der Waals surface area contributed by atoms with Crippen LogP contribution in [0.5, 0.6) is 5.75 Å². The van der Waals surface area contributed by atoms with E-state index in [4.69, 9.17) is 4.74 Å². The summed E-state index contributed by atoms with van der Waals surface area (Å²) in [6.07, 6.45) is 0.484. The van der Waals surface area contributed by atoms with Crippen molar-refractivity contribution in [2.24, 2.45) is 0 Å². The van der Waals surface area contributed by atoms with Crippen LogP contribution in [0.25, 0.3) is 10.9 Å². The molecule has 0 radical (unpaired) electrons. The number of ether oxygens (including phenoxy) is 1. The number of urea groups is 1.